The van der Waals surface area contributed by atoms with E-state index in [2.05, 4.69) is 10.4 Å². The van der Waals surface area contributed by atoms with Crippen LogP contribution in [0, 0.1) is 0 Å². The number of hydrogen-bond acceptors (Lipinski definition) is 4. The summed E-state index contributed by atoms with van der Waals surface area (Å²) in [5, 5.41) is 26.1. The Hall–Kier alpha value is -3.32. The van der Waals surface area contributed by atoms with Crippen molar-refractivity contribution in [3.8, 4) is 22.7 Å². The van der Waals surface area contributed by atoms with Crippen LogP contribution in [0.5, 0.6) is 5.75 Å². The van der Waals surface area contributed by atoms with Gasteiger partial charge in [0.25, 0.3) is 0 Å². The standard InChI is InChI=1S/C21H23N3O4/c1-21(2,27)19-12-18(15-6-4-14(5-7-15)13-22-20(25)26)24(23-19)16-8-10-17(28-3)11-9-16/h4-12,22,27H,13H2,1-3H3,(H,25,26). The SMILES string of the molecule is COc1ccc(-n2nc(C(C)(C)O)cc2-c2ccc(CNC(=O)O)cc2)cc1. The van der Waals surface area contributed by atoms with Crippen LogP contribution in [0.3, 0.4) is 0 Å². The van der Waals surface area contributed by atoms with Crippen LogP contribution in [0.15, 0.2) is 54.6 Å². The van der Waals surface area contributed by atoms with E-state index in [1.165, 1.54) is 0 Å². The fourth-order valence-corrected chi connectivity index (χ4v) is 2.78. The molecule has 7 heteroatoms. The Bertz CT molecular complexity index is 955. The first-order valence-corrected chi connectivity index (χ1v) is 8.81. The molecule has 28 heavy (non-hydrogen) atoms. The van der Waals surface area contributed by atoms with Crippen molar-refractivity contribution in [3.05, 3.63) is 65.9 Å². The topological polar surface area (TPSA) is 96.6 Å². The maximum Gasteiger partial charge on any atom is 0.404 e. The number of carbonyl (C=O) groups is 1. The predicted octanol–water partition coefficient (Wildman–Crippen LogP) is 3.54. The number of aromatic nitrogens is 2. The molecule has 0 aliphatic heterocycles. The maximum atomic E-state index is 10.6. The summed E-state index contributed by atoms with van der Waals surface area (Å²) in [5.74, 6) is 0.746. The van der Waals surface area contributed by atoms with Crippen molar-refractivity contribution in [1.29, 1.82) is 0 Å². The fraction of sp³-hybridized carbons (Fsp3) is 0.238. The summed E-state index contributed by atoms with van der Waals surface area (Å²) in [6.07, 6.45) is -1.06. The van der Waals surface area contributed by atoms with Crippen LogP contribution in [0.25, 0.3) is 16.9 Å². The zero-order valence-electron chi connectivity index (χ0n) is 16.0. The first-order valence-electron chi connectivity index (χ1n) is 8.81. The smallest absolute Gasteiger partial charge is 0.404 e. The van der Waals surface area contributed by atoms with E-state index in [0.29, 0.717) is 5.69 Å². The molecule has 146 valence electrons. The van der Waals surface area contributed by atoms with Gasteiger partial charge in [0.1, 0.15) is 11.4 Å². The Morgan fingerprint density at radius 2 is 1.79 bits per heavy atom. The third-order valence-electron chi connectivity index (χ3n) is 4.35. The maximum absolute atomic E-state index is 10.6. The molecule has 3 rings (SSSR count). The number of ether oxygens (including phenoxy) is 1. The van der Waals surface area contributed by atoms with E-state index in [0.717, 1.165) is 28.3 Å². The molecule has 0 unspecified atom stereocenters. The lowest BCUT2D eigenvalue weighted by Gasteiger charge is -2.13. The lowest BCUT2D eigenvalue weighted by molar-refractivity contribution is 0.0734. The Kier molecular flexibility index (Phi) is 5.37. The van der Waals surface area contributed by atoms with Crippen molar-refractivity contribution in [2.24, 2.45) is 0 Å². The quantitative estimate of drug-likeness (QED) is 0.607. The van der Waals surface area contributed by atoms with Gasteiger partial charge in [-0.25, -0.2) is 9.48 Å². The van der Waals surface area contributed by atoms with Gasteiger partial charge in [0.15, 0.2) is 0 Å². The van der Waals surface area contributed by atoms with E-state index in [9.17, 15) is 9.90 Å². The average Bonchev–Trinajstić information content (AvgIpc) is 3.13. The Balaban J connectivity index is 2.01. The summed E-state index contributed by atoms with van der Waals surface area (Å²) in [5.41, 5.74) is 2.87. The fourth-order valence-electron chi connectivity index (χ4n) is 2.78. The van der Waals surface area contributed by atoms with Gasteiger partial charge >= 0.3 is 6.09 Å². The molecule has 1 amide bonds. The molecule has 2 aromatic carbocycles. The number of carboxylic acid groups (broad SMARTS) is 1. The first kappa shape index (κ1) is 19.4. The van der Waals surface area contributed by atoms with Crippen LogP contribution >= 0.6 is 0 Å². The van der Waals surface area contributed by atoms with Crippen LogP contribution in [-0.4, -0.2) is 33.2 Å². The van der Waals surface area contributed by atoms with Crippen molar-refractivity contribution < 1.29 is 19.7 Å². The number of nitrogens with one attached hydrogen (secondary N) is 1. The second-order valence-electron chi connectivity index (χ2n) is 6.94. The van der Waals surface area contributed by atoms with E-state index >= 15 is 0 Å². The molecule has 7 nitrogen and oxygen atoms in total. The minimum Gasteiger partial charge on any atom is -0.497 e. The van der Waals surface area contributed by atoms with Crippen molar-refractivity contribution in [2.45, 2.75) is 26.0 Å². The van der Waals surface area contributed by atoms with Gasteiger partial charge < -0.3 is 20.3 Å². The summed E-state index contributed by atoms with van der Waals surface area (Å²) in [6.45, 7) is 3.62. The number of nitrogens with zero attached hydrogens (tertiary/aromatic N) is 2. The van der Waals surface area contributed by atoms with Gasteiger partial charge in [-0.15, -0.1) is 0 Å². The molecule has 3 N–H and O–H groups in total. The zero-order chi connectivity index (χ0) is 20.3. The lowest BCUT2D eigenvalue weighted by atomic mass is 10.0. The van der Waals surface area contributed by atoms with Gasteiger partial charge in [-0.2, -0.15) is 5.10 Å². The Morgan fingerprint density at radius 1 is 1.14 bits per heavy atom. The van der Waals surface area contributed by atoms with Crippen LogP contribution in [0.4, 0.5) is 4.79 Å². The van der Waals surface area contributed by atoms with Crippen molar-refractivity contribution in [3.63, 3.8) is 0 Å². The van der Waals surface area contributed by atoms with Gasteiger partial charge in [-0.1, -0.05) is 24.3 Å². The molecule has 0 fully saturated rings. The number of methoxy groups -OCH3 is 1. The van der Waals surface area contributed by atoms with E-state index in [1.54, 1.807) is 25.6 Å². The second kappa shape index (κ2) is 7.74. The predicted molar refractivity (Wildman–Crippen MR) is 106 cm³/mol. The normalized spacial score (nSPS) is 11.3. The summed E-state index contributed by atoms with van der Waals surface area (Å²) >= 11 is 0. The third kappa shape index (κ3) is 4.32. The van der Waals surface area contributed by atoms with E-state index in [4.69, 9.17) is 9.84 Å². The largest absolute Gasteiger partial charge is 0.497 e. The number of benzene rings is 2. The number of hydrogen-bond donors (Lipinski definition) is 3. The molecule has 3 aromatic rings. The highest BCUT2D eigenvalue weighted by atomic mass is 16.5. The van der Waals surface area contributed by atoms with E-state index in [-0.39, 0.29) is 6.54 Å². The molecule has 0 atom stereocenters. The molecule has 0 aliphatic rings. The monoisotopic (exact) mass is 381 g/mol. The third-order valence-corrected chi connectivity index (χ3v) is 4.35. The Morgan fingerprint density at radius 3 is 2.32 bits per heavy atom. The average molecular weight is 381 g/mol. The van der Waals surface area contributed by atoms with Gasteiger partial charge in [-0.05, 0) is 49.7 Å². The van der Waals surface area contributed by atoms with E-state index < -0.39 is 11.7 Å². The highest BCUT2D eigenvalue weighted by Gasteiger charge is 2.23. The minimum absolute atomic E-state index is 0.238. The first-order chi connectivity index (χ1) is 13.3. The zero-order valence-corrected chi connectivity index (χ0v) is 16.0. The number of amides is 1. The van der Waals surface area contributed by atoms with Gasteiger partial charge in [0.2, 0.25) is 0 Å². The van der Waals surface area contributed by atoms with Crippen LogP contribution in [-0.2, 0) is 12.1 Å². The highest BCUT2D eigenvalue weighted by Crippen LogP contribution is 2.29. The summed E-state index contributed by atoms with van der Waals surface area (Å²) in [4.78, 5) is 10.6. The van der Waals surface area contributed by atoms with Gasteiger partial charge in [-0.3, -0.25) is 0 Å². The molecular formula is C21H23N3O4. The van der Waals surface area contributed by atoms with Gasteiger partial charge in [0.05, 0.1) is 24.2 Å². The summed E-state index contributed by atoms with van der Waals surface area (Å²) in [6, 6.07) is 16.9. The van der Waals surface area contributed by atoms with Crippen molar-refractivity contribution in [2.75, 3.05) is 7.11 Å². The van der Waals surface area contributed by atoms with Gasteiger partial charge in [0, 0.05) is 12.1 Å². The molecule has 0 aliphatic carbocycles. The molecule has 0 saturated heterocycles. The number of rotatable bonds is 6. The Labute approximate surface area is 163 Å². The molecule has 0 radical (unpaired) electrons. The molecule has 1 heterocycles. The second-order valence-corrected chi connectivity index (χ2v) is 6.94. The lowest BCUT2D eigenvalue weighted by Crippen LogP contribution is -2.19. The van der Waals surface area contributed by atoms with Crippen LogP contribution < -0.4 is 10.1 Å². The highest BCUT2D eigenvalue weighted by molar-refractivity contribution is 5.65. The van der Waals surface area contributed by atoms with Crippen LogP contribution in [0.1, 0.15) is 25.1 Å². The van der Waals surface area contributed by atoms with Crippen molar-refractivity contribution in [1.82, 2.24) is 15.1 Å². The number of aliphatic hydroxyl groups is 1. The van der Waals surface area contributed by atoms with Crippen molar-refractivity contribution >= 4 is 6.09 Å². The minimum atomic E-state index is -1.09. The summed E-state index contributed by atoms with van der Waals surface area (Å²) in [7, 11) is 1.61. The van der Waals surface area contributed by atoms with Crippen LogP contribution in [0.2, 0.25) is 0 Å². The molecular weight excluding hydrogens is 358 g/mol. The molecule has 0 saturated carbocycles. The summed E-state index contributed by atoms with van der Waals surface area (Å²) < 4.78 is 6.99. The van der Waals surface area contributed by atoms with E-state index in [1.807, 2.05) is 54.6 Å². The molecule has 0 bridgehead atoms. The molecule has 1 aromatic heterocycles. The molecule has 0 spiro atoms.